The van der Waals surface area contributed by atoms with Crippen molar-refractivity contribution in [2.45, 2.75) is 25.3 Å². The molecule has 1 unspecified atom stereocenters. The first kappa shape index (κ1) is 12.8. The first-order valence-corrected chi connectivity index (χ1v) is 6.99. The van der Waals surface area contributed by atoms with Gasteiger partial charge < -0.3 is 10.1 Å². The lowest BCUT2D eigenvalue weighted by molar-refractivity contribution is -0.134. The average Bonchev–Trinajstić information content (AvgIpc) is 2.55. The number of hydrogen-bond donors (Lipinski definition) is 1. The van der Waals surface area contributed by atoms with Crippen molar-refractivity contribution in [2.24, 2.45) is 5.92 Å². The molecular weight excluding hydrogens is 288 g/mol. The number of alkyl halides is 1. The molecule has 17 heavy (non-hydrogen) atoms. The molecule has 1 N–H and O–H groups in total. The fraction of sp³-hybridized carbons (Fsp3) is 0.818. The zero-order chi connectivity index (χ0) is 12.5. The van der Waals surface area contributed by atoms with E-state index in [2.05, 4.69) is 21.2 Å². The predicted octanol–water partition coefficient (Wildman–Crippen LogP) is 1.12. The van der Waals surface area contributed by atoms with Gasteiger partial charge in [0, 0.05) is 37.9 Å². The van der Waals surface area contributed by atoms with E-state index in [4.69, 9.17) is 4.74 Å². The molecule has 5 nitrogen and oxygen atoms in total. The van der Waals surface area contributed by atoms with Crippen molar-refractivity contribution < 1.29 is 14.3 Å². The first-order chi connectivity index (χ1) is 8.09. The predicted molar refractivity (Wildman–Crippen MR) is 66.0 cm³/mol. The monoisotopic (exact) mass is 304 g/mol. The summed E-state index contributed by atoms with van der Waals surface area (Å²) in [6.07, 6.45) is 1.16. The summed E-state index contributed by atoms with van der Waals surface area (Å²) in [6.45, 7) is 3.55. The van der Waals surface area contributed by atoms with Gasteiger partial charge in [0.05, 0.1) is 0 Å². The summed E-state index contributed by atoms with van der Waals surface area (Å²) in [4.78, 5) is 25.5. The second-order valence-corrected chi connectivity index (χ2v) is 5.45. The minimum Gasteiger partial charge on any atom is -0.381 e. The van der Waals surface area contributed by atoms with Gasteiger partial charge in [0.2, 0.25) is 0 Å². The van der Waals surface area contributed by atoms with Crippen molar-refractivity contribution in [3.63, 3.8) is 0 Å². The van der Waals surface area contributed by atoms with Crippen LogP contribution in [0.1, 0.15) is 19.8 Å². The van der Waals surface area contributed by atoms with E-state index in [-0.39, 0.29) is 17.9 Å². The van der Waals surface area contributed by atoms with Crippen LogP contribution in [0.3, 0.4) is 0 Å². The maximum atomic E-state index is 12.3. The molecule has 2 rings (SSSR count). The van der Waals surface area contributed by atoms with Gasteiger partial charge in [0.25, 0.3) is 5.91 Å². The third-order valence-electron chi connectivity index (χ3n) is 3.35. The van der Waals surface area contributed by atoms with E-state index < -0.39 is 5.54 Å². The van der Waals surface area contributed by atoms with Gasteiger partial charge in [-0.3, -0.25) is 9.69 Å². The molecule has 0 aliphatic carbocycles. The van der Waals surface area contributed by atoms with Crippen molar-refractivity contribution in [2.75, 3.05) is 25.1 Å². The Bertz CT molecular complexity index is 329. The normalized spacial score (nSPS) is 25.2. The fourth-order valence-electron chi connectivity index (χ4n) is 2.26. The number of urea groups is 1. The standard InChI is InChI=1S/C11H17BrN2O3/c1-8(6-12)7-14-9(15)11(13-10(14)16)2-4-17-5-3-11/h8H,2-7H2,1H3,(H,13,16). The molecule has 2 fully saturated rings. The lowest BCUT2D eigenvalue weighted by Gasteiger charge is -2.30. The molecular formula is C11H17BrN2O3. The molecule has 2 saturated heterocycles. The molecule has 2 aliphatic rings. The lowest BCUT2D eigenvalue weighted by Crippen LogP contribution is -2.51. The van der Waals surface area contributed by atoms with Gasteiger partial charge in [-0.15, -0.1) is 0 Å². The number of rotatable bonds is 3. The molecule has 96 valence electrons. The Morgan fingerprint density at radius 3 is 2.71 bits per heavy atom. The smallest absolute Gasteiger partial charge is 0.325 e. The van der Waals surface area contributed by atoms with E-state index in [0.717, 1.165) is 5.33 Å². The third kappa shape index (κ3) is 2.33. The van der Waals surface area contributed by atoms with Crippen molar-refractivity contribution in [3.05, 3.63) is 0 Å². The van der Waals surface area contributed by atoms with Crippen LogP contribution in [0, 0.1) is 5.92 Å². The van der Waals surface area contributed by atoms with Gasteiger partial charge in [-0.1, -0.05) is 22.9 Å². The molecule has 6 heteroatoms. The summed E-state index contributed by atoms with van der Waals surface area (Å²) in [5.41, 5.74) is -0.693. The largest absolute Gasteiger partial charge is 0.381 e. The van der Waals surface area contributed by atoms with Crippen LogP contribution in [0.25, 0.3) is 0 Å². The summed E-state index contributed by atoms with van der Waals surface area (Å²) in [6, 6.07) is -0.260. The number of nitrogens with zero attached hydrogens (tertiary/aromatic N) is 1. The lowest BCUT2D eigenvalue weighted by atomic mass is 9.90. The number of hydrogen-bond acceptors (Lipinski definition) is 3. The Morgan fingerprint density at radius 2 is 2.12 bits per heavy atom. The van der Waals surface area contributed by atoms with Crippen LogP contribution in [-0.4, -0.2) is 47.5 Å². The topological polar surface area (TPSA) is 58.6 Å². The van der Waals surface area contributed by atoms with Crippen molar-refractivity contribution >= 4 is 27.9 Å². The van der Waals surface area contributed by atoms with Gasteiger partial charge in [-0.05, 0) is 5.92 Å². The minimum absolute atomic E-state index is 0.0846. The molecule has 2 aliphatic heterocycles. The van der Waals surface area contributed by atoms with Crippen LogP contribution < -0.4 is 5.32 Å². The molecule has 1 spiro atoms. The first-order valence-electron chi connectivity index (χ1n) is 5.87. The van der Waals surface area contributed by atoms with Crippen LogP contribution in [0.15, 0.2) is 0 Å². The molecule has 1 atom stereocenters. The Hall–Kier alpha value is -0.620. The number of halogens is 1. The number of carbonyl (C=O) groups is 2. The Labute approximate surface area is 109 Å². The zero-order valence-electron chi connectivity index (χ0n) is 9.87. The quantitative estimate of drug-likeness (QED) is 0.628. The molecule has 0 aromatic heterocycles. The summed E-state index contributed by atoms with van der Waals surface area (Å²) < 4.78 is 5.25. The number of imide groups is 1. The van der Waals surface area contributed by atoms with Crippen LogP contribution in [0.2, 0.25) is 0 Å². The molecule has 0 bridgehead atoms. The highest BCUT2D eigenvalue weighted by Crippen LogP contribution is 2.28. The van der Waals surface area contributed by atoms with Gasteiger partial charge >= 0.3 is 6.03 Å². The minimum atomic E-state index is -0.693. The molecule has 0 saturated carbocycles. The summed E-state index contributed by atoms with van der Waals surface area (Å²) in [7, 11) is 0. The zero-order valence-corrected chi connectivity index (χ0v) is 11.5. The average molecular weight is 305 g/mol. The summed E-state index contributed by atoms with van der Waals surface area (Å²) in [5.74, 6) is 0.179. The molecule has 2 heterocycles. The highest BCUT2D eigenvalue weighted by molar-refractivity contribution is 9.09. The maximum Gasteiger partial charge on any atom is 0.325 e. The molecule has 0 aromatic carbocycles. The Balaban J connectivity index is 2.10. The van der Waals surface area contributed by atoms with Crippen molar-refractivity contribution in [3.8, 4) is 0 Å². The van der Waals surface area contributed by atoms with Gasteiger partial charge in [-0.25, -0.2) is 4.79 Å². The highest BCUT2D eigenvalue weighted by Gasteiger charge is 2.51. The maximum absolute atomic E-state index is 12.3. The van der Waals surface area contributed by atoms with E-state index in [9.17, 15) is 9.59 Å². The number of amides is 3. The second kappa shape index (κ2) is 4.94. The van der Waals surface area contributed by atoms with E-state index in [1.165, 1.54) is 4.90 Å². The Morgan fingerprint density at radius 1 is 1.47 bits per heavy atom. The van der Waals surface area contributed by atoms with Gasteiger partial charge in [0.15, 0.2) is 0 Å². The van der Waals surface area contributed by atoms with Crippen LogP contribution in [0.5, 0.6) is 0 Å². The van der Waals surface area contributed by atoms with Crippen LogP contribution in [-0.2, 0) is 9.53 Å². The van der Waals surface area contributed by atoms with Crippen LogP contribution in [0.4, 0.5) is 4.79 Å². The summed E-state index contributed by atoms with van der Waals surface area (Å²) in [5, 5.41) is 3.62. The number of ether oxygens (including phenoxy) is 1. The van der Waals surface area contributed by atoms with Gasteiger partial charge in [-0.2, -0.15) is 0 Å². The third-order valence-corrected chi connectivity index (χ3v) is 4.46. The van der Waals surface area contributed by atoms with Crippen molar-refractivity contribution in [1.82, 2.24) is 10.2 Å². The molecule has 3 amide bonds. The van der Waals surface area contributed by atoms with E-state index >= 15 is 0 Å². The highest BCUT2D eigenvalue weighted by atomic mass is 79.9. The summed E-state index contributed by atoms with van der Waals surface area (Å²) >= 11 is 3.36. The number of nitrogens with one attached hydrogen (secondary N) is 1. The van der Waals surface area contributed by atoms with E-state index in [1.54, 1.807) is 0 Å². The number of carbonyl (C=O) groups excluding carboxylic acids is 2. The molecule has 0 radical (unpaired) electrons. The van der Waals surface area contributed by atoms with E-state index in [1.807, 2.05) is 6.92 Å². The van der Waals surface area contributed by atoms with E-state index in [0.29, 0.717) is 32.6 Å². The van der Waals surface area contributed by atoms with Gasteiger partial charge in [0.1, 0.15) is 5.54 Å². The SMILES string of the molecule is CC(CBr)CN1C(=O)NC2(CCOCC2)C1=O. The second-order valence-electron chi connectivity index (χ2n) is 4.80. The fourth-order valence-corrected chi connectivity index (χ4v) is 2.47. The Kier molecular flexibility index (Phi) is 3.73. The van der Waals surface area contributed by atoms with Crippen LogP contribution >= 0.6 is 15.9 Å². The molecule has 0 aromatic rings. The van der Waals surface area contributed by atoms with Crippen molar-refractivity contribution in [1.29, 1.82) is 0 Å².